The van der Waals surface area contributed by atoms with E-state index in [0.717, 1.165) is 0 Å². The fraction of sp³-hybridized carbons (Fsp3) is 0.423. The molecule has 0 fully saturated rings. The first-order valence-electron chi connectivity index (χ1n) is 11.7. The largest absolute Gasteiger partial charge is 0.465 e. The lowest BCUT2D eigenvalue weighted by Gasteiger charge is -2.37. The summed E-state index contributed by atoms with van der Waals surface area (Å²) in [5, 5.41) is 0. The van der Waals surface area contributed by atoms with Crippen molar-refractivity contribution in [2.24, 2.45) is 5.41 Å². The fourth-order valence-corrected chi connectivity index (χ4v) is 5.89. The number of fused-ring (bicyclic) bond motifs is 1. The molecule has 1 aliphatic rings. The van der Waals surface area contributed by atoms with Gasteiger partial charge in [0.2, 0.25) is 9.84 Å². The maximum Gasteiger partial charge on any atom is 0.335 e. The minimum Gasteiger partial charge on any atom is -0.465 e. The van der Waals surface area contributed by atoms with Crippen LogP contribution in [0.2, 0.25) is 0 Å². The Bertz CT molecular complexity index is 1140. The molecule has 0 N–H and O–H groups in total. The SMILES string of the molecule is CCOC(=O)C(C(=O)OCC)(C(=O)OCC)[C@H]1CCCc2cc(S(=O)(=O)c3ccccc3)ccc21. The molecular weight excluding hydrogens is 472 g/mol. The maximum absolute atomic E-state index is 13.3. The lowest BCUT2D eigenvalue weighted by molar-refractivity contribution is -0.186. The molecule has 188 valence electrons. The molecule has 9 heteroatoms. The Balaban J connectivity index is 2.18. The standard InChI is InChI=1S/C26H30O8S/c1-4-32-23(27)26(24(28)33-5-2,25(29)34-6-3)22-14-10-11-18-17-20(15-16-21(18)22)35(30,31)19-12-8-7-9-13-19/h7-9,12-13,15-17,22H,4-6,10-11,14H2,1-3H3/t22-/m0/s1. The molecule has 0 saturated carbocycles. The van der Waals surface area contributed by atoms with E-state index in [9.17, 15) is 22.8 Å². The van der Waals surface area contributed by atoms with E-state index in [0.29, 0.717) is 30.4 Å². The van der Waals surface area contributed by atoms with Crippen LogP contribution in [0.25, 0.3) is 0 Å². The molecule has 0 radical (unpaired) electrons. The monoisotopic (exact) mass is 502 g/mol. The highest BCUT2D eigenvalue weighted by Crippen LogP contribution is 2.47. The van der Waals surface area contributed by atoms with Crippen molar-refractivity contribution in [1.29, 1.82) is 0 Å². The van der Waals surface area contributed by atoms with Crippen LogP contribution in [0, 0.1) is 5.41 Å². The van der Waals surface area contributed by atoms with Gasteiger partial charge in [-0.15, -0.1) is 0 Å². The van der Waals surface area contributed by atoms with Gasteiger partial charge in [-0.25, -0.2) is 8.42 Å². The Morgan fingerprint density at radius 3 is 1.89 bits per heavy atom. The van der Waals surface area contributed by atoms with Gasteiger partial charge in [-0.05, 0) is 75.4 Å². The Kier molecular flexibility index (Phi) is 8.32. The van der Waals surface area contributed by atoms with Crippen LogP contribution in [0.3, 0.4) is 0 Å². The number of hydrogen-bond donors (Lipinski definition) is 0. The smallest absolute Gasteiger partial charge is 0.335 e. The third-order valence-corrected chi connectivity index (χ3v) is 7.87. The normalized spacial score (nSPS) is 15.6. The van der Waals surface area contributed by atoms with Crippen molar-refractivity contribution in [2.75, 3.05) is 19.8 Å². The Morgan fingerprint density at radius 2 is 1.37 bits per heavy atom. The maximum atomic E-state index is 13.3. The zero-order valence-electron chi connectivity index (χ0n) is 20.1. The van der Waals surface area contributed by atoms with E-state index in [1.807, 2.05) is 0 Å². The molecule has 2 aromatic carbocycles. The van der Waals surface area contributed by atoms with Crippen LogP contribution in [0.15, 0.2) is 58.3 Å². The second-order valence-electron chi connectivity index (χ2n) is 8.09. The lowest BCUT2D eigenvalue weighted by atomic mass is 9.66. The molecule has 35 heavy (non-hydrogen) atoms. The molecule has 0 spiro atoms. The van der Waals surface area contributed by atoms with Crippen molar-refractivity contribution >= 4 is 27.7 Å². The number of carbonyl (C=O) groups is 3. The first-order chi connectivity index (χ1) is 16.7. The van der Waals surface area contributed by atoms with Gasteiger partial charge in [0.05, 0.1) is 29.6 Å². The van der Waals surface area contributed by atoms with E-state index < -0.39 is 39.1 Å². The molecule has 1 atom stereocenters. The predicted octanol–water partition coefficient (Wildman–Crippen LogP) is 3.62. The van der Waals surface area contributed by atoms with Crippen LogP contribution in [0.1, 0.15) is 50.7 Å². The van der Waals surface area contributed by atoms with Crippen LogP contribution in [0.5, 0.6) is 0 Å². The highest BCUT2D eigenvalue weighted by Gasteiger charge is 2.63. The van der Waals surface area contributed by atoms with Crippen LogP contribution in [0.4, 0.5) is 0 Å². The van der Waals surface area contributed by atoms with Gasteiger partial charge in [-0.3, -0.25) is 14.4 Å². The summed E-state index contributed by atoms with van der Waals surface area (Å²) in [6.45, 7) is 4.59. The van der Waals surface area contributed by atoms with Crippen LogP contribution >= 0.6 is 0 Å². The number of hydrogen-bond acceptors (Lipinski definition) is 8. The minimum atomic E-state index is -3.78. The Labute approximate surface area is 205 Å². The van der Waals surface area contributed by atoms with Gasteiger partial charge in [0.15, 0.2) is 0 Å². The van der Waals surface area contributed by atoms with E-state index in [2.05, 4.69) is 0 Å². The van der Waals surface area contributed by atoms with Crippen LogP contribution < -0.4 is 0 Å². The van der Waals surface area contributed by atoms with Gasteiger partial charge >= 0.3 is 17.9 Å². The van der Waals surface area contributed by atoms with Crippen LogP contribution in [-0.2, 0) is 44.9 Å². The van der Waals surface area contributed by atoms with E-state index >= 15 is 0 Å². The molecule has 1 aliphatic carbocycles. The average molecular weight is 503 g/mol. The molecule has 8 nitrogen and oxygen atoms in total. The molecule has 3 rings (SSSR count). The molecular formula is C26H30O8S. The van der Waals surface area contributed by atoms with E-state index in [4.69, 9.17) is 14.2 Å². The second kappa shape index (κ2) is 11.0. The van der Waals surface area contributed by atoms with Gasteiger partial charge in [-0.2, -0.15) is 0 Å². The number of ether oxygens (including phenoxy) is 3. The number of sulfone groups is 1. The van der Waals surface area contributed by atoms with Gasteiger partial charge in [0.1, 0.15) is 0 Å². The molecule has 0 heterocycles. The summed E-state index contributed by atoms with van der Waals surface area (Å²) in [5.74, 6) is -4.03. The van der Waals surface area contributed by atoms with Gasteiger partial charge in [0, 0.05) is 5.92 Å². The minimum absolute atomic E-state index is 0.0484. The molecule has 0 aliphatic heterocycles. The van der Waals surface area contributed by atoms with Crippen molar-refractivity contribution in [3.63, 3.8) is 0 Å². The van der Waals surface area contributed by atoms with Crippen molar-refractivity contribution < 1.29 is 37.0 Å². The topological polar surface area (TPSA) is 113 Å². The first kappa shape index (κ1) is 26.4. The molecule has 0 bridgehead atoms. The van der Waals surface area contributed by atoms with Crippen molar-refractivity contribution in [3.05, 3.63) is 59.7 Å². The average Bonchev–Trinajstić information content (AvgIpc) is 2.85. The summed E-state index contributed by atoms with van der Waals surface area (Å²) in [7, 11) is -3.78. The first-order valence-corrected chi connectivity index (χ1v) is 13.2. The van der Waals surface area contributed by atoms with E-state index in [1.165, 1.54) is 18.2 Å². The van der Waals surface area contributed by atoms with E-state index in [-0.39, 0.29) is 29.6 Å². The van der Waals surface area contributed by atoms with Crippen LogP contribution in [-0.4, -0.2) is 46.1 Å². The number of carbonyl (C=O) groups excluding carboxylic acids is 3. The quantitative estimate of drug-likeness (QED) is 0.290. The summed E-state index contributed by atoms with van der Waals surface area (Å²) in [6.07, 6.45) is 1.36. The summed E-state index contributed by atoms with van der Waals surface area (Å²) in [4.78, 5) is 40.1. The van der Waals surface area contributed by atoms with Crippen molar-refractivity contribution in [3.8, 4) is 0 Å². The zero-order valence-corrected chi connectivity index (χ0v) is 20.9. The summed E-state index contributed by atoms with van der Waals surface area (Å²) < 4.78 is 41.9. The zero-order chi connectivity index (χ0) is 25.6. The summed E-state index contributed by atoms with van der Waals surface area (Å²) >= 11 is 0. The Morgan fingerprint density at radius 1 is 0.829 bits per heavy atom. The van der Waals surface area contributed by atoms with Gasteiger partial charge < -0.3 is 14.2 Å². The fourth-order valence-electron chi connectivity index (χ4n) is 4.55. The molecule has 0 amide bonds. The third kappa shape index (κ3) is 4.82. The lowest BCUT2D eigenvalue weighted by Crippen LogP contribution is -2.54. The molecule has 0 saturated heterocycles. The summed E-state index contributed by atoms with van der Waals surface area (Å²) in [6, 6.07) is 12.6. The Hall–Kier alpha value is -3.20. The second-order valence-corrected chi connectivity index (χ2v) is 10.0. The van der Waals surface area contributed by atoms with Crippen molar-refractivity contribution in [2.45, 2.75) is 55.7 Å². The van der Waals surface area contributed by atoms with Gasteiger partial charge in [-0.1, -0.05) is 24.3 Å². The molecule has 2 aromatic rings. The number of rotatable bonds is 9. The highest BCUT2D eigenvalue weighted by molar-refractivity contribution is 7.91. The molecule has 0 aromatic heterocycles. The third-order valence-electron chi connectivity index (χ3n) is 6.11. The van der Waals surface area contributed by atoms with Crippen molar-refractivity contribution in [1.82, 2.24) is 0 Å². The number of esters is 3. The number of aryl methyl sites for hydroxylation is 1. The predicted molar refractivity (Wildman–Crippen MR) is 126 cm³/mol. The van der Waals surface area contributed by atoms with E-state index in [1.54, 1.807) is 51.1 Å². The molecule has 0 unspecified atom stereocenters. The number of benzene rings is 2. The van der Waals surface area contributed by atoms with Gasteiger partial charge in [0.25, 0.3) is 5.41 Å². The highest BCUT2D eigenvalue weighted by atomic mass is 32.2. The summed E-state index contributed by atoms with van der Waals surface area (Å²) in [5.41, 5.74) is -1.19.